The zero-order valence-corrected chi connectivity index (χ0v) is 15.8. The summed E-state index contributed by atoms with van der Waals surface area (Å²) in [5.74, 6) is -0.849. The van der Waals surface area contributed by atoms with Crippen LogP contribution in [0.15, 0.2) is 59.9 Å². The van der Waals surface area contributed by atoms with E-state index in [1.165, 1.54) is 55.0 Å². The summed E-state index contributed by atoms with van der Waals surface area (Å²) in [6.07, 6.45) is 3.21. The van der Waals surface area contributed by atoms with Gasteiger partial charge in [0.2, 0.25) is 0 Å². The maximum Gasteiger partial charge on any atom is 0.404 e. The van der Waals surface area contributed by atoms with Crippen LogP contribution in [0.2, 0.25) is 0 Å². The van der Waals surface area contributed by atoms with Crippen LogP contribution in [0.25, 0.3) is 11.3 Å². The van der Waals surface area contributed by atoms with Crippen LogP contribution in [0.1, 0.15) is 15.9 Å². The lowest BCUT2D eigenvalue weighted by Gasteiger charge is -2.11. The maximum atomic E-state index is 14.8. The largest absolute Gasteiger partial charge is 0.465 e. The van der Waals surface area contributed by atoms with E-state index in [-0.39, 0.29) is 34.7 Å². The molecule has 2 N–H and O–H groups in total. The van der Waals surface area contributed by atoms with E-state index in [9.17, 15) is 22.4 Å². The maximum absolute atomic E-state index is 14.8. The van der Waals surface area contributed by atoms with Gasteiger partial charge < -0.3 is 10.4 Å². The Morgan fingerprint density at radius 3 is 2.72 bits per heavy atom. The van der Waals surface area contributed by atoms with Gasteiger partial charge in [-0.25, -0.2) is 21.6 Å². The Bertz CT molecular complexity index is 1160. The zero-order chi connectivity index (χ0) is 21.0. The minimum absolute atomic E-state index is 0.0142. The van der Waals surface area contributed by atoms with Crippen molar-refractivity contribution in [2.45, 2.75) is 11.3 Å². The highest BCUT2D eigenvalue weighted by atomic mass is 32.2. The van der Waals surface area contributed by atoms with Crippen molar-refractivity contribution >= 4 is 22.4 Å². The topological polar surface area (TPSA) is 118 Å². The van der Waals surface area contributed by atoms with E-state index in [4.69, 9.17) is 5.11 Å². The molecular weight excluding hydrogens is 401 g/mol. The Balaban J connectivity index is 2.15. The second-order valence-electron chi connectivity index (χ2n) is 6.03. The van der Waals surface area contributed by atoms with Gasteiger partial charge in [0.15, 0.2) is 6.29 Å². The predicted octanol–water partition coefficient (Wildman–Crippen LogP) is 2.55. The van der Waals surface area contributed by atoms with Crippen LogP contribution in [-0.4, -0.2) is 41.4 Å². The van der Waals surface area contributed by atoms with Gasteiger partial charge in [0, 0.05) is 30.7 Å². The number of halogens is 1. The number of hydrogen-bond donors (Lipinski definition) is 2. The summed E-state index contributed by atoms with van der Waals surface area (Å²) in [6, 6.07) is 8.36. The Morgan fingerprint density at radius 1 is 1.28 bits per heavy atom. The molecule has 1 aromatic carbocycles. The van der Waals surface area contributed by atoms with Crippen molar-refractivity contribution < 1.29 is 27.5 Å². The van der Waals surface area contributed by atoms with Crippen LogP contribution in [0.3, 0.4) is 0 Å². The fourth-order valence-electron chi connectivity index (χ4n) is 2.79. The molecule has 0 atom stereocenters. The van der Waals surface area contributed by atoms with E-state index in [0.29, 0.717) is 11.8 Å². The smallest absolute Gasteiger partial charge is 0.404 e. The van der Waals surface area contributed by atoms with Gasteiger partial charge in [-0.2, -0.15) is 0 Å². The van der Waals surface area contributed by atoms with Crippen molar-refractivity contribution in [3.8, 4) is 11.3 Å². The van der Waals surface area contributed by atoms with E-state index < -0.39 is 21.9 Å². The number of hydrogen-bond acceptors (Lipinski definition) is 5. The Morgan fingerprint density at radius 2 is 2.07 bits per heavy atom. The number of carboxylic acid groups (broad SMARTS) is 1. The lowest BCUT2D eigenvalue weighted by atomic mass is 10.1. The number of aldehydes is 1. The van der Waals surface area contributed by atoms with Gasteiger partial charge in [-0.05, 0) is 42.3 Å². The summed E-state index contributed by atoms with van der Waals surface area (Å²) in [6.45, 7) is 0.0442. The number of pyridine rings is 1. The predicted molar refractivity (Wildman–Crippen MR) is 102 cm³/mol. The lowest BCUT2D eigenvalue weighted by molar-refractivity contribution is 0.111. The molecule has 0 radical (unpaired) electrons. The molecule has 3 rings (SSSR count). The van der Waals surface area contributed by atoms with E-state index in [0.717, 1.165) is 3.97 Å². The Hall–Kier alpha value is -3.53. The first-order valence-corrected chi connectivity index (χ1v) is 9.86. The first-order chi connectivity index (χ1) is 13.8. The molecule has 0 aliphatic heterocycles. The van der Waals surface area contributed by atoms with Crippen molar-refractivity contribution in [3.63, 3.8) is 0 Å². The number of carbonyl (C=O) groups is 2. The third-order valence-corrected chi connectivity index (χ3v) is 5.81. The molecule has 0 aliphatic rings. The molecule has 0 saturated carbocycles. The molecule has 2 heterocycles. The molecule has 150 valence electrons. The highest BCUT2D eigenvalue weighted by molar-refractivity contribution is 7.90. The fraction of sp³-hybridized carbons (Fsp3) is 0.105. The minimum atomic E-state index is -4.11. The molecule has 1 amide bonds. The summed E-state index contributed by atoms with van der Waals surface area (Å²) in [5, 5.41) is 10.9. The molecule has 2 aromatic heterocycles. The molecule has 0 spiro atoms. The van der Waals surface area contributed by atoms with Crippen molar-refractivity contribution in [3.05, 3.63) is 71.9 Å². The third-order valence-electron chi connectivity index (χ3n) is 4.16. The zero-order valence-electron chi connectivity index (χ0n) is 14.9. The highest BCUT2D eigenvalue weighted by Gasteiger charge is 2.24. The third kappa shape index (κ3) is 4.16. The van der Waals surface area contributed by atoms with Crippen LogP contribution in [0.4, 0.5) is 9.18 Å². The number of nitrogens with zero attached hydrogens (tertiary/aromatic N) is 2. The average Bonchev–Trinajstić information content (AvgIpc) is 3.13. The van der Waals surface area contributed by atoms with Gasteiger partial charge in [-0.3, -0.25) is 9.78 Å². The first-order valence-electron chi connectivity index (χ1n) is 8.42. The van der Waals surface area contributed by atoms with Crippen molar-refractivity contribution in [2.24, 2.45) is 0 Å². The Labute approximate surface area is 165 Å². The molecule has 29 heavy (non-hydrogen) atoms. The van der Waals surface area contributed by atoms with Crippen LogP contribution in [-0.2, 0) is 16.4 Å². The molecular formula is C19H16FN3O5S. The summed E-state index contributed by atoms with van der Waals surface area (Å²) >= 11 is 0. The molecule has 0 fully saturated rings. The number of aromatic nitrogens is 2. The van der Waals surface area contributed by atoms with E-state index >= 15 is 0 Å². The summed E-state index contributed by atoms with van der Waals surface area (Å²) in [4.78, 5) is 25.4. The fourth-order valence-corrected chi connectivity index (χ4v) is 4.15. The number of benzene rings is 1. The van der Waals surface area contributed by atoms with Crippen LogP contribution >= 0.6 is 0 Å². The second kappa shape index (κ2) is 8.23. The lowest BCUT2D eigenvalue weighted by Crippen LogP contribution is -2.23. The normalized spacial score (nSPS) is 11.2. The van der Waals surface area contributed by atoms with Gasteiger partial charge in [0.25, 0.3) is 10.0 Å². The number of carbonyl (C=O) groups excluding carboxylic acids is 1. The molecule has 0 unspecified atom stereocenters. The quantitative estimate of drug-likeness (QED) is 0.571. The molecule has 0 bridgehead atoms. The van der Waals surface area contributed by atoms with Crippen LogP contribution in [0.5, 0.6) is 0 Å². The minimum Gasteiger partial charge on any atom is -0.465 e. The molecule has 3 aromatic rings. The standard InChI is InChI=1S/C19H16FN3O5S/c20-18-14(12-24)3-1-5-16(18)17-9-13(6-8-22-19(25)26)11-23(17)29(27,28)15-4-2-7-21-10-15/h1-5,7,9-12,22H,6,8H2,(H,25,26). The second-order valence-corrected chi connectivity index (χ2v) is 7.85. The Kier molecular flexibility index (Phi) is 5.74. The van der Waals surface area contributed by atoms with E-state index in [1.54, 1.807) is 0 Å². The number of rotatable bonds is 7. The highest BCUT2D eigenvalue weighted by Crippen LogP contribution is 2.30. The van der Waals surface area contributed by atoms with Crippen molar-refractivity contribution in [2.75, 3.05) is 6.54 Å². The van der Waals surface area contributed by atoms with Crippen LogP contribution in [0, 0.1) is 5.82 Å². The van der Waals surface area contributed by atoms with Gasteiger partial charge in [-0.1, -0.05) is 6.07 Å². The molecule has 10 heteroatoms. The van der Waals surface area contributed by atoms with Crippen molar-refractivity contribution in [1.29, 1.82) is 0 Å². The summed E-state index contributed by atoms with van der Waals surface area (Å²) in [5.41, 5.74) is 0.208. The molecule has 0 saturated heterocycles. The van der Waals surface area contributed by atoms with E-state index in [2.05, 4.69) is 10.3 Å². The molecule has 8 nitrogen and oxygen atoms in total. The van der Waals surface area contributed by atoms with Crippen molar-refractivity contribution in [1.82, 2.24) is 14.3 Å². The van der Waals surface area contributed by atoms with Gasteiger partial charge in [-0.15, -0.1) is 0 Å². The average molecular weight is 417 g/mol. The first kappa shape index (κ1) is 20.2. The number of amides is 1. The molecule has 0 aliphatic carbocycles. The van der Waals surface area contributed by atoms with Gasteiger partial charge in [0.1, 0.15) is 10.7 Å². The number of nitrogens with one attached hydrogen (secondary N) is 1. The van der Waals surface area contributed by atoms with Crippen LogP contribution < -0.4 is 5.32 Å². The summed E-state index contributed by atoms with van der Waals surface area (Å²) < 4.78 is 41.9. The van der Waals surface area contributed by atoms with Gasteiger partial charge >= 0.3 is 6.09 Å². The van der Waals surface area contributed by atoms with E-state index in [1.807, 2.05) is 0 Å². The van der Waals surface area contributed by atoms with Gasteiger partial charge in [0.05, 0.1) is 11.3 Å². The summed E-state index contributed by atoms with van der Waals surface area (Å²) in [7, 11) is -4.11. The SMILES string of the molecule is O=Cc1cccc(-c2cc(CCNC(=O)O)cn2S(=O)(=O)c2cccnc2)c1F. The monoisotopic (exact) mass is 417 g/mol.